The van der Waals surface area contributed by atoms with Crippen molar-refractivity contribution < 1.29 is 13.9 Å². The summed E-state index contributed by atoms with van der Waals surface area (Å²) in [6, 6.07) is 13.7. The molecule has 0 bridgehead atoms. The van der Waals surface area contributed by atoms with Gasteiger partial charge in [-0.2, -0.15) is 0 Å². The number of hydrogen-bond acceptors (Lipinski definition) is 3. The maximum absolute atomic E-state index is 13.3. The minimum atomic E-state index is -0.373. The molecule has 3 aromatic rings. The topological polar surface area (TPSA) is 44.1 Å². The van der Waals surface area contributed by atoms with Gasteiger partial charge in [0.25, 0.3) is 0 Å². The Hall–Kier alpha value is -3.21. The summed E-state index contributed by atoms with van der Waals surface area (Å²) >= 11 is 0. The Bertz CT molecular complexity index is 900. The van der Waals surface area contributed by atoms with Crippen LogP contribution >= 0.6 is 0 Å². The minimum Gasteiger partial charge on any atom is -0.465 e. The quantitative estimate of drug-likeness (QED) is 0.488. The van der Waals surface area contributed by atoms with Crippen molar-refractivity contribution >= 4 is 17.6 Å². The van der Waals surface area contributed by atoms with Gasteiger partial charge in [-0.1, -0.05) is 30.3 Å². The second kappa shape index (κ2) is 8.25. The fourth-order valence-corrected chi connectivity index (χ4v) is 2.71. The van der Waals surface area contributed by atoms with Gasteiger partial charge in [-0.25, -0.2) is 14.2 Å². The van der Waals surface area contributed by atoms with Crippen LogP contribution in [0, 0.1) is 5.82 Å². The number of methoxy groups -OCH3 is 1. The largest absolute Gasteiger partial charge is 0.465 e. The van der Waals surface area contributed by atoms with E-state index < -0.39 is 0 Å². The van der Waals surface area contributed by atoms with Crippen molar-refractivity contribution in [2.45, 2.75) is 13.0 Å². The Balaban J connectivity index is 1.92. The molecular weight excluding hydrogens is 331 g/mol. The fourth-order valence-electron chi connectivity index (χ4n) is 2.71. The molecule has 0 aliphatic rings. The Labute approximate surface area is 151 Å². The number of ether oxygens (including phenoxy) is 1. The predicted molar refractivity (Wildman–Crippen MR) is 98.9 cm³/mol. The number of rotatable bonds is 6. The molecule has 0 radical (unpaired) electrons. The summed E-state index contributed by atoms with van der Waals surface area (Å²) < 4.78 is 20.1. The first-order valence-electron chi connectivity index (χ1n) is 8.26. The van der Waals surface area contributed by atoms with Crippen molar-refractivity contribution in [2.75, 3.05) is 7.11 Å². The van der Waals surface area contributed by atoms with E-state index in [0.29, 0.717) is 5.56 Å². The van der Waals surface area contributed by atoms with E-state index in [9.17, 15) is 9.18 Å². The lowest BCUT2D eigenvalue weighted by atomic mass is 9.99. The van der Waals surface area contributed by atoms with Gasteiger partial charge >= 0.3 is 5.97 Å². The van der Waals surface area contributed by atoms with E-state index in [-0.39, 0.29) is 11.8 Å². The van der Waals surface area contributed by atoms with Crippen LogP contribution in [-0.4, -0.2) is 22.6 Å². The average Bonchev–Trinajstić information content (AvgIpc) is 3.19. The first-order valence-corrected chi connectivity index (χ1v) is 8.26. The molecule has 0 amide bonds. The third-order valence-electron chi connectivity index (χ3n) is 4.06. The first-order chi connectivity index (χ1) is 12.7. The van der Waals surface area contributed by atoms with Crippen LogP contribution < -0.4 is 0 Å². The van der Waals surface area contributed by atoms with Crippen LogP contribution in [0.15, 0.2) is 67.3 Å². The van der Waals surface area contributed by atoms with Crippen LogP contribution in [0.2, 0.25) is 0 Å². The standard InChI is InChI=1S/C21H19FN2O2/c1-26-21(25)19-4-2-3-16(14-19)13-18(9-11-24-12-10-23-15-24)17-5-7-20(22)8-6-17/h2-8,10,12-15H,9,11H2,1H3. The van der Waals surface area contributed by atoms with Crippen molar-refractivity contribution in [1.29, 1.82) is 0 Å². The van der Waals surface area contributed by atoms with Crippen LogP contribution in [-0.2, 0) is 11.3 Å². The van der Waals surface area contributed by atoms with Crippen LogP contribution in [0.4, 0.5) is 4.39 Å². The molecule has 4 nitrogen and oxygen atoms in total. The van der Waals surface area contributed by atoms with E-state index in [4.69, 9.17) is 4.74 Å². The second-order valence-corrected chi connectivity index (χ2v) is 5.84. The second-order valence-electron chi connectivity index (χ2n) is 5.84. The van der Waals surface area contributed by atoms with Crippen molar-refractivity contribution in [3.8, 4) is 0 Å². The third-order valence-corrected chi connectivity index (χ3v) is 4.06. The van der Waals surface area contributed by atoms with Crippen LogP contribution in [0.1, 0.15) is 27.9 Å². The van der Waals surface area contributed by atoms with Gasteiger partial charge in [0.15, 0.2) is 0 Å². The molecule has 0 aliphatic heterocycles. The number of imidazole rings is 1. The SMILES string of the molecule is COC(=O)c1cccc(C=C(CCn2ccnc2)c2ccc(F)cc2)c1. The fraction of sp³-hybridized carbons (Fsp3) is 0.143. The number of esters is 1. The molecule has 0 aliphatic carbocycles. The van der Waals surface area contributed by atoms with Crippen LogP contribution in [0.3, 0.4) is 0 Å². The van der Waals surface area contributed by atoms with Gasteiger partial charge in [-0.15, -0.1) is 0 Å². The maximum Gasteiger partial charge on any atom is 0.337 e. The molecule has 5 heteroatoms. The van der Waals surface area contributed by atoms with E-state index >= 15 is 0 Å². The highest BCUT2D eigenvalue weighted by molar-refractivity contribution is 5.91. The van der Waals surface area contributed by atoms with Gasteiger partial charge in [0.2, 0.25) is 0 Å². The molecular formula is C21H19FN2O2. The van der Waals surface area contributed by atoms with Crippen LogP contribution in [0.5, 0.6) is 0 Å². The van der Waals surface area contributed by atoms with E-state index in [1.807, 2.05) is 29.0 Å². The van der Waals surface area contributed by atoms with E-state index in [1.165, 1.54) is 19.2 Å². The number of halogens is 1. The van der Waals surface area contributed by atoms with E-state index in [0.717, 1.165) is 29.7 Å². The van der Waals surface area contributed by atoms with Gasteiger partial charge in [0.1, 0.15) is 5.82 Å². The Kier molecular flexibility index (Phi) is 5.59. The van der Waals surface area contributed by atoms with Gasteiger partial charge in [0.05, 0.1) is 19.0 Å². The summed E-state index contributed by atoms with van der Waals surface area (Å²) in [5.74, 6) is -0.641. The van der Waals surface area contributed by atoms with Crippen molar-refractivity contribution in [2.24, 2.45) is 0 Å². The lowest BCUT2D eigenvalue weighted by Gasteiger charge is -2.10. The molecule has 2 aromatic carbocycles. The molecule has 26 heavy (non-hydrogen) atoms. The van der Waals surface area contributed by atoms with Gasteiger partial charge < -0.3 is 9.30 Å². The monoisotopic (exact) mass is 350 g/mol. The molecule has 0 N–H and O–H groups in total. The number of benzene rings is 2. The Morgan fingerprint density at radius 3 is 2.69 bits per heavy atom. The zero-order valence-corrected chi connectivity index (χ0v) is 14.4. The van der Waals surface area contributed by atoms with Crippen molar-refractivity contribution in [1.82, 2.24) is 9.55 Å². The van der Waals surface area contributed by atoms with E-state index in [2.05, 4.69) is 4.98 Å². The molecule has 132 valence electrons. The van der Waals surface area contributed by atoms with Gasteiger partial charge in [0, 0.05) is 18.9 Å². The molecule has 0 unspecified atom stereocenters. The molecule has 0 saturated heterocycles. The summed E-state index contributed by atoms with van der Waals surface area (Å²) in [6.45, 7) is 0.750. The molecule has 0 saturated carbocycles. The third kappa shape index (κ3) is 4.45. The molecule has 0 atom stereocenters. The lowest BCUT2D eigenvalue weighted by Crippen LogP contribution is -2.01. The van der Waals surface area contributed by atoms with Gasteiger partial charge in [-0.05, 0) is 47.4 Å². The molecule has 0 fully saturated rings. The number of aryl methyl sites for hydroxylation is 1. The summed E-state index contributed by atoms with van der Waals surface area (Å²) in [7, 11) is 1.36. The number of aromatic nitrogens is 2. The highest BCUT2D eigenvalue weighted by Crippen LogP contribution is 2.23. The summed E-state index contributed by atoms with van der Waals surface area (Å²) in [5, 5.41) is 0. The highest BCUT2D eigenvalue weighted by atomic mass is 19.1. The van der Waals surface area contributed by atoms with Gasteiger partial charge in [-0.3, -0.25) is 0 Å². The highest BCUT2D eigenvalue weighted by Gasteiger charge is 2.07. The van der Waals surface area contributed by atoms with Crippen molar-refractivity contribution in [3.63, 3.8) is 0 Å². The van der Waals surface area contributed by atoms with E-state index in [1.54, 1.807) is 36.8 Å². The summed E-state index contributed by atoms with van der Waals surface area (Å²) in [6.07, 6.45) is 8.16. The minimum absolute atomic E-state index is 0.268. The normalized spacial score (nSPS) is 11.4. The zero-order valence-electron chi connectivity index (χ0n) is 14.4. The first kappa shape index (κ1) is 17.6. The number of nitrogens with zero attached hydrogens (tertiary/aromatic N) is 2. The Morgan fingerprint density at radius 1 is 1.19 bits per heavy atom. The van der Waals surface area contributed by atoms with Crippen molar-refractivity contribution in [3.05, 3.63) is 89.8 Å². The molecule has 0 spiro atoms. The zero-order chi connectivity index (χ0) is 18.4. The molecule has 1 heterocycles. The average molecular weight is 350 g/mol. The summed E-state index contributed by atoms with van der Waals surface area (Å²) in [5.41, 5.74) is 3.36. The smallest absolute Gasteiger partial charge is 0.337 e. The number of carbonyl (C=O) groups excluding carboxylic acids is 1. The number of hydrogen-bond donors (Lipinski definition) is 0. The Morgan fingerprint density at radius 2 is 2.00 bits per heavy atom. The molecule has 1 aromatic heterocycles. The number of carbonyl (C=O) groups is 1. The molecule has 3 rings (SSSR count). The predicted octanol–water partition coefficient (Wildman–Crippen LogP) is 4.44. The lowest BCUT2D eigenvalue weighted by molar-refractivity contribution is 0.0600. The maximum atomic E-state index is 13.3. The summed E-state index contributed by atoms with van der Waals surface area (Å²) in [4.78, 5) is 15.8. The number of allylic oxidation sites excluding steroid dienone is 1. The van der Waals surface area contributed by atoms with Crippen LogP contribution in [0.25, 0.3) is 11.6 Å².